The van der Waals surface area contributed by atoms with E-state index in [2.05, 4.69) is 8.37 Å². The summed E-state index contributed by atoms with van der Waals surface area (Å²) >= 11 is -3.13. The number of hydrogen-bond donors (Lipinski definition) is 1. The van der Waals surface area contributed by atoms with Crippen LogP contribution in [0.3, 0.4) is 0 Å². The molecule has 0 bridgehead atoms. The van der Waals surface area contributed by atoms with Gasteiger partial charge in [-0.25, -0.2) is 17.2 Å². The highest BCUT2D eigenvalue weighted by Gasteiger charge is 2.32. The molecule has 0 aliphatic carbocycles. The molecule has 0 fully saturated rings. The summed E-state index contributed by atoms with van der Waals surface area (Å²) in [5.41, 5.74) is 0. The maximum Gasteiger partial charge on any atom is 0.397 e. The van der Waals surface area contributed by atoms with Gasteiger partial charge >= 0.3 is 10.4 Å². The van der Waals surface area contributed by atoms with E-state index in [1.54, 1.807) is 0 Å². The summed E-state index contributed by atoms with van der Waals surface area (Å²) < 4.78 is 78.6. The van der Waals surface area contributed by atoms with Crippen LogP contribution < -0.4 is 0 Å². The summed E-state index contributed by atoms with van der Waals surface area (Å²) in [7, 11) is -4.99. The summed E-state index contributed by atoms with van der Waals surface area (Å²) in [5, 5.41) is 0. The number of hydrogen-bond acceptors (Lipinski definition) is 6. The predicted octanol–water partition coefficient (Wildman–Crippen LogP) is -0.748. The molecule has 0 rings (SSSR count). The summed E-state index contributed by atoms with van der Waals surface area (Å²) in [6.45, 7) is -3.28. The first kappa shape index (κ1) is 13.8. The van der Waals surface area contributed by atoms with Crippen molar-refractivity contribution in [1.29, 1.82) is 0 Å². The van der Waals surface area contributed by atoms with Gasteiger partial charge in [-0.1, -0.05) is 0 Å². The molecule has 0 saturated carbocycles. The van der Waals surface area contributed by atoms with Gasteiger partial charge in [-0.05, 0) is 0 Å². The average Bonchev–Trinajstić information content (AvgIpc) is 1.97. The minimum absolute atomic E-state index is 1.57. The van der Waals surface area contributed by atoms with Gasteiger partial charge < -0.3 is 4.55 Å². The maximum atomic E-state index is 12.4. The van der Waals surface area contributed by atoms with Gasteiger partial charge in [-0.3, -0.25) is 8.74 Å². The molecule has 11 heteroatoms. The lowest BCUT2D eigenvalue weighted by molar-refractivity contribution is -0.0726. The van der Waals surface area contributed by atoms with Gasteiger partial charge in [0.1, 0.15) is 13.2 Å². The van der Waals surface area contributed by atoms with Crippen LogP contribution in [-0.4, -0.2) is 40.9 Å². The first-order valence-electron chi connectivity index (χ1n) is 2.84. The third-order valence-electron chi connectivity index (χ3n) is 0.785. The van der Waals surface area contributed by atoms with Crippen LogP contribution in [-0.2, 0) is 30.1 Å². The fourth-order valence-corrected chi connectivity index (χ4v) is 0.927. The smallest absolute Gasteiger partial charge is 0.397 e. The molecule has 0 amide bonds. The van der Waals surface area contributed by atoms with Crippen molar-refractivity contribution >= 4 is 21.8 Å². The topological polar surface area (TPSA) is 113 Å². The van der Waals surface area contributed by atoms with E-state index >= 15 is 0 Å². The van der Waals surface area contributed by atoms with E-state index in [4.69, 9.17) is 4.55 Å². The molecule has 0 aliphatic rings. The Hall–Kier alpha value is -0.200. The number of alkyl halides is 2. The van der Waals surface area contributed by atoms with Crippen molar-refractivity contribution in [2.75, 3.05) is 13.2 Å². The summed E-state index contributed by atoms with van der Waals surface area (Å²) in [6, 6.07) is 0. The van der Waals surface area contributed by atoms with Crippen LogP contribution in [0.1, 0.15) is 0 Å². The van der Waals surface area contributed by atoms with Crippen LogP contribution in [0, 0.1) is 0 Å². The van der Waals surface area contributed by atoms with Gasteiger partial charge in [0.05, 0.1) is 11.4 Å². The van der Waals surface area contributed by atoms with Crippen molar-refractivity contribution in [2.45, 2.75) is 5.92 Å². The zero-order valence-corrected chi connectivity index (χ0v) is 8.02. The van der Waals surface area contributed by atoms with Crippen LogP contribution in [0.15, 0.2) is 0 Å². The lowest BCUT2D eigenvalue weighted by atomic mass is 10.4. The lowest BCUT2D eigenvalue weighted by Gasteiger charge is -2.15. The molecule has 86 valence electrons. The van der Waals surface area contributed by atoms with Crippen LogP contribution in [0.4, 0.5) is 8.78 Å². The molecule has 1 N–H and O–H groups in total. The fraction of sp³-hybridized carbons (Fsp3) is 1.00. The zero-order chi connectivity index (χ0) is 11.4. The minimum atomic E-state index is -4.99. The minimum Gasteiger partial charge on any atom is -0.750 e. The molecule has 0 aliphatic heterocycles. The van der Waals surface area contributed by atoms with E-state index in [-0.39, 0.29) is 0 Å². The predicted molar refractivity (Wildman–Crippen MR) is 37.3 cm³/mol. The molecule has 0 heterocycles. The van der Waals surface area contributed by atoms with Gasteiger partial charge in [0.25, 0.3) is 5.92 Å². The molecule has 14 heavy (non-hydrogen) atoms. The standard InChI is InChI=1S/C3H6F2O7S2/c4-3(5,1-11-13(6)7)2-12-14(8,9)10/h1-2H2,(H,6,7)(H,8,9,10)/p-1. The SMILES string of the molecule is O=S([O-])OCC(F)(F)COS(=O)(=O)O. The van der Waals surface area contributed by atoms with Crippen molar-refractivity contribution in [1.82, 2.24) is 0 Å². The molecular formula is C3H5F2O7S2-. The molecule has 0 aromatic carbocycles. The largest absolute Gasteiger partial charge is 0.750 e. The monoisotopic (exact) mass is 255 g/mol. The Morgan fingerprint density at radius 1 is 1.43 bits per heavy atom. The fourth-order valence-electron chi connectivity index (χ4n) is 0.337. The third-order valence-corrected chi connectivity index (χ3v) is 1.51. The van der Waals surface area contributed by atoms with E-state index < -0.39 is 40.9 Å². The highest BCUT2D eigenvalue weighted by atomic mass is 32.3. The Balaban J connectivity index is 4.01. The lowest BCUT2D eigenvalue weighted by Crippen LogP contribution is -2.31. The molecule has 0 aromatic rings. The molecule has 0 aromatic heterocycles. The Bertz CT molecular complexity index is 298. The van der Waals surface area contributed by atoms with Crippen molar-refractivity contribution in [3.05, 3.63) is 0 Å². The summed E-state index contributed by atoms with van der Waals surface area (Å²) in [5.74, 6) is -3.84. The van der Waals surface area contributed by atoms with E-state index in [1.807, 2.05) is 0 Å². The van der Waals surface area contributed by atoms with Gasteiger partial charge in [-0.2, -0.15) is 8.42 Å². The Labute approximate surface area is 80.5 Å². The quantitative estimate of drug-likeness (QED) is 0.490. The second kappa shape index (κ2) is 5.04. The molecule has 0 saturated heterocycles. The zero-order valence-electron chi connectivity index (χ0n) is 6.38. The number of rotatable bonds is 6. The van der Waals surface area contributed by atoms with Crippen LogP contribution in [0.25, 0.3) is 0 Å². The van der Waals surface area contributed by atoms with Crippen molar-refractivity contribution in [3.8, 4) is 0 Å². The summed E-state index contributed by atoms with van der Waals surface area (Å²) in [6.07, 6.45) is 0. The first-order valence-corrected chi connectivity index (χ1v) is 5.21. The third kappa shape index (κ3) is 8.40. The highest BCUT2D eigenvalue weighted by molar-refractivity contribution is 7.80. The Kier molecular flexibility index (Phi) is 4.97. The molecule has 0 radical (unpaired) electrons. The number of halogens is 2. The van der Waals surface area contributed by atoms with E-state index in [0.717, 1.165) is 0 Å². The molecule has 7 nitrogen and oxygen atoms in total. The van der Waals surface area contributed by atoms with Crippen LogP contribution in [0.5, 0.6) is 0 Å². The van der Waals surface area contributed by atoms with E-state index in [0.29, 0.717) is 0 Å². The first-order chi connectivity index (χ1) is 6.12. The second-order valence-electron chi connectivity index (χ2n) is 2.01. The van der Waals surface area contributed by atoms with Gasteiger partial charge in [0, 0.05) is 0 Å². The Morgan fingerprint density at radius 2 is 1.93 bits per heavy atom. The maximum absolute atomic E-state index is 12.4. The normalized spacial score (nSPS) is 15.4. The van der Waals surface area contributed by atoms with Crippen LogP contribution >= 0.6 is 0 Å². The Morgan fingerprint density at radius 3 is 2.29 bits per heavy atom. The average molecular weight is 255 g/mol. The van der Waals surface area contributed by atoms with Gasteiger partial charge in [-0.15, -0.1) is 0 Å². The van der Waals surface area contributed by atoms with Gasteiger partial charge in [0.15, 0.2) is 0 Å². The molecule has 1 unspecified atom stereocenters. The van der Waals surface area contributed by atoms with Crippen molar-refractivity contribution in [3.63, 3.8) is 0 Å². The summed E-state index contributed by atoms with van der Waals surface area (Å²) in [4.78, 5) is 0. The van der Waals surface area contributed by atoms with Crippen molar-refractivity contribution < 1.29 is 38.9 Å². The molecular weight excluding hydrogens is 250 g/mol. The highest BCUT2D eigenvalue weighted by Crippen LogP contribution is 2.15. The molecule has 1 atom stereocenters. The second-order valence-corrected chi connectivity index (χ2v) is 3.75. The molecule has 0 spiro atoms. The van der Waals surface area contributed by atoms with E-state index in [1.165, 1.54) is 0 Å². The van der Waals surface area contributed by atoms with E-state index in [9.17, 15) is 26.0 Å². The van der Waals surface area contributed by atoms with Gasteiger partial charge in [0.2, 0.25) is 0 Å². The van der Waals surface area contributed by atoms with Crippen LogP contribution in [0.2, 0.25) is 0 Å². The van der Waals surface area contributed by atoms with Crippen molar-refractivity contribution in [2.24, 2.45) is 0 Å².